The van der Waals surface area contributed by atoms with E-state index in [1.165, 1.54) is 5.57 Å². The first-order valence-corrected chi connectivity index (χ1v) is 4.63. The van der Waals surface area contributed by atoms with Crippen molar-refractivity contribution >= 4 is 6.21 Å². The highest BCUT2D eigenvalue weighted by Gasteiger charge is 2.16. The van der Waals surface area contributed by atoms with Crippen LogP contribution in [0.4, 0.5) is 0 Å². The molecule has 0 amide bonds. The number of aliphatic imine (C=N–C) groups is 1. The number of hydrogen-bond acceptors (Lipinski definition) is 3. The molecule has 0 saturated heterocycles. The van der Waals surface area contributed by atoms with Crippen LogP contribution in [-0.2, 0) is 0 Å². The van der Waals surface area contributed by atoms with E-state index < -0.39 is 0 Å². The summed E-state index contributed by atoms with van der Waals surface area (Å²) in [5.41, 5.74) is 1.18. The summed E-state index contributed by atoms with van der Waals surface area (Å²) >= 11 is 0. The first-order valence-electron chi connectivity index (χ1n) is 4.63. The number of hydrogen-bond donors (Lipinski definition) is 0. The minimum Gasteiger partial charge on any atom is -0.290 e. The second kappa shape index (κ2) is 2.87. The van der Waals surface area contributed by atoms with Crippen LogP contribution in [0.15, 0.2) is 51.0 Å². The van der Waals surface area contributed by atoms with Crippen LogP contribution in [-0.4, -0.2) is 18.8 Å². The zero-order chi connectivity index (χ0) is 9.38. The second-order valence-electron chi connectivity index (χ2n) is 3.39. The molecule has 0 bridgehead atoms. The van der Waals surface area contributed by atoms with Gasteiger partial charge in [0.05, 0.1) is 17.3 Å². The average molecular weight is 183 g/mol. The van der Waals surface area contributed by atoms with E-state index in [-0.39, 0.29) is 6.04 Å². The zero-order valence-corrected chi connectivity index (χ0v) is 7.59. The fourth-order valence-corrected chi connectivity index (χ4v) is 1.67. The summed E-state index contributed by atoms with van der Waals surface area (Å²) in [5, 5.41) is 1.90. The van der Waals surface area contributed by atoms with Crippen molar-refractivity contribution in [3.05, 3.63) is 46.8 Å². The summed E-state index contributed by atoms with van der Waals surface area (Å²) in [5.74, 6) is 0. The molecule has 0 aliphatic carbocycles. The third kappa shape index (κ3) is 1.09. The maximum atomic E-state index is 4.59. The molecule has 2 heterocycles. The lowest BCUT2D eigenvalue weighted by Gasteiger charge is -1.98. The SMILES string of the molecule is C1=NCC2=CN=c3ccccc3=NC12. The summed E-state index contributed by atoms with van der Waals surface area (Å²) in [6.07, 6.45) is 3.79. The first-order chi connectivity index (χ1) is 6.93. The molecular formula is C11H9N3. The third-order valence-electron chi connectivity index (χ3n) is 2.43. The molecule has 68 valence electrons. The van der Waals surface area contributed by atoms with E-state index in [0.29, 0.717) is 0 Å². The third-order valence-corrected chi connectivity index (χ3v) is 2.43. The van der Waals surface area contributed by atoms with Gasteiger partial charge in [0.15, 0.2) is 0 Å². The molecule has 3 nitrogen and oxygen atoms in total. The Bertz CT molecular complexity index is 540. The minimum atomic E-state index is 0.113. The Balaban J connectivity index is 2.30. The topological polar surface area (TPSA) is 37.1 Å². The van der Waals surface area contributed by atoms with Crippen molar-refractivity contribution in [2.75, 3.05) is 6.54 Å². The van der Waals surface area contributed by atoms with Gasteiger partial charge in [-0.15, -0.1) is 0 Å². The van der Waals surface area contributed by atoms with Gasteiger partial charge in [-0.3, -0.25) is 15.0 Å². The smallest absolute Gasteiger partial charge is 0.110 e. The van der Waals surface area contributed by atoms with Crippen LogP contribution >= 0.6 is 0 Å². The molecular weight excluding hydrogens is 174 g/mol. The number of benzene rings is 1. The van der Waals surface area contributed by atoms with Crippen molar-refractivity contribution in [1.82, 2.24) is 0 Å². The van der Waals surface area contributed by atoms with Gasteiger partial charge in [0.1, 0.15) is 6.04 Å². The molecule has 3 rings (SSSR count). The average Bonchev–Trinajstić information content (AvgIpc) is 2.58. The Hall–Kier alpha value is -1.77. The van der Waals surface area contributed by atoms with Gasteiger partial charge >= 0.3 is 0 Å². The van der Waals surface area contributed by atoms with E-state index in [4.69, 9.17) is 0 Å². The number of para-hydroxylation sites is 2. The van der Waals surface area contributed by atoms with Gasteiger partial charge in [0, 0.05) is 12.4 Å². The number of nitrogens with zero attached hydrogens (tertiary/aromatic N) is 3. The molecule has 0 spiro atoms. The predicted octanol–water partition coefficient (Wildman–Crippen LogP) is 0.276. The molecule has 0 aromatic heterocycles. The molecule has 3 heteroatoms. The number of rotatable bonds is 0. The standard InChI is InChI=1S/C11H9N3/c1-2-4-10-9(3-1)13-6-8-5-12-7-11(8)14-10/h1-4,6-7,11H,5H2. The quantitative estimate of drug-likeness (QED) is 0.554. The van der Waals surface area contributed by atoms with E-state index in [1.54, 1.807) is 0 Å². The van der Waals surface area contributed by atoms with Crippen molar-refractivity contribution in [2.24, 2.45) is 15.0 Å². The molecule has 1 atom stereocenters. The van der Waals surface area contributed by atoms with Crippen LogP contribution in [0.5, 0.6) is 0 Å². The zero-order valence-electron chi connectivity index (χ0n) is 7.59. The highest BCUT2D eigenvalue weighted by molar-refractivity contribution is 5.73. The molecule has 14 heavy (non-hydrogen) atoms. The van der Waals surface area contributed by atoms with Gasteiger partial charge in [-0.2, -0.15) is 0 Å². The van der Waals surface area contributed by atoms with Crippen molar-refractivity contribution < 1.29 is 0 Å². The Morgan fingerprint density at radius 1 is 1.14 bits per heavy atom. The summed E-state index contributed by atoms with van der Waals surface area (Å²) in [6.45, 7) is 0.742. The van der Waals surface area contributed by atoms with Gasteiger partial charge in [0.2, 0.25) is 0 Å². The van der Waals surface area contributed by atoms with Crippen molar-refractivity contribution in [3.63, 3.8) is 0 Å². The van der Waals surface area contributed by atoms with Crippen molar-refractivity contribution in [3.8, 4) is 0 Å². The normalized spacial score (nSPS) is 22.6. The Morgan fingerprint density at radius 2 is 2.00 bits per heavy atom. The monoisotopic (exact) mass is 183 g/mol. The van der Waals surface area contributed by atoms with Gasteiger partial charge in [-0.05, 0) is 17.7 Å². The molecule has 0 saturated carbocycles. The molecule has 1 aromatic rings. The van der Waals surface area contributed by atoms with E-state index in [1.807, 2.05) is 36.7 Å². The van der Waals surface area contributed by atoms with E-state index in [2.05, 4.69) is 15.0 Å². The van der Waals surface area contributed by atoms with E-state index in [9.17, 15) is 0 Å². The lowest BCUT2D eigenvalue weighted by molar-refractivity contribution is 0.979. The summed E-state index contributed by atoms with van der Waals surface area (Å²) in [7, 11) is 0. The molecule has 1 unspecified atom stereocenters. The largest absolute Gasteiger partial charge is 0.290 e. The predicted molar refractivity (Wildman–Crippen MR) is 54.0 cm³/mol. The Morgan fingerprint density at radius 3 is 2.93 bits per heavy atom. The van der Waals surface area contributed by atoms with E-state index in [0.717, 1.165) is 17.3 Å². The lowest BCUT2D eigenvalue weighted by atomic mass is 10.2. The van der Waals surface area contributed by atoms with E-state index >= 15 is 0 Å². The highest BCUT2D eigenvalue weighted by Crippen LogP contribution is 2.11. The number of fused-ring (bicyclic) bond motifs is 2. The van der Waals surface area contributed by atoms with Crippen molar-refractivity contribution in [1.29, 1.82) is 0 Å². The second-order valence-corrected chi connectivity index (χ2v) is 3.39. The summed E-state index contributed by atoms with van der Waals surface area (Å²) < 4.78 is 0. The maximum absolute atomic E-state index is 4.59. The van der Waals surface area contributed by atoms with Gasteiger partial charge in [0.25, 0.3) is 0 Å². The maximum Gasteiger partial charge on any atom is 0.110 e. The van der Waals surface area contributed by atoms with Gasteiger partial charge in [-0.25, -0.2) is 0 Å². The lowest BCUT2D eigenvalue weighted by Crippen LogP contribution is -2.25. The van der Waals surface area contributed by atoms with Crippen LogP contribution < -0.4 is 10.7 Å². The fraction of sp³-hybridized carbons (Fsp3) is 0.182. The summed E-state index contributed by atoms with van der Waals surface area (Å²) in [4.78, 5) is 13.2. The van der Waals surface area contributed by atoms with Crippen molar-refractivity contribution in [2.45, 2.75) is 6.04 Å². The first kappa shape index (κ1) is 7.62. The van der Waals surface area contributed by atoms with Crippen LogP contribution in [0.1, 0.15) is 0 Å². The highest BCUT2D eigenvalue weighted by atomic mass is 14.9. The molecule has 2 aliphatic rings. The molecule has 2 aliphatic heterocycles. The van der Waals surface area contributed by atoms with Crippen LogP contribution in [0, 0.1) is 0 Å². The van der Waals surface area contributed by atoms with Crippen LogP contribution in [0.3, 0.4) is 0 Å². The Kier molecular flexibility index (Phi) is 1.56. The molecule has 0 N–H and O–H groups in total. The Labute approximate surface area is 81.2 Å². The molecule has 0 radical (unpaired) electrons. The van der Waals surface area contributed by atoms with Gasteiger partial charge in [-0.1, -0.05) is 12.1 Å². The molecule has 1 aromatic carbocycles. The van der Waals surface area contributed by atoms with Crippen LogP contribution in [0.25, 0.3) is 0 Å². The van der Waals surface area contributed by atoms with Gasteiger partial charge < -0.3 is 0 Å². The fourth-order valence-electron chi connectivity index (χ4n) is 1.67. The molecule has 0 fully saturated rings. The van der Waals surface area contributed by atoms with Crippen LogP contribution in [0.2, 0.25) is 0 Å². The minimum absolute atomic E-state index is 0.113. The summed E-state index contributed by atoms with van der Waals surface area (Å²) in [6, 6.07) is 8.04.